The van der Waals surface area contributed by atoms with Crippen molar-refractivity contribution in [2.75, 3.05) is 18.6 Å². The van der Waals surface area contributed by atoms with Crippen molar-refractivity contribution in [3.63, 3.8) is 0 Å². The third kappa shape index (κ3) is 2.88. The van der Waals surface area contributed by atoms with Crippen molar-refractivity contribution in [2.24, 2.45) is 0 Å². The van der Waals surface area contributed by atoms with Crippen molar-refractivity contribution in [1.82, 2.24) is 14.8 Å². The molecule has 4 rings (SSSR count). The summed E-state index contributed by atoms with van der Waals surface area (Å²) in [6.07, 6.45) is 2.23. The summed E-state index contributed by atoms with van der Waals surface area (Å²) in [5.74, 6) is 0.433. The second-order valence-electron chi connectivity index (χ2n) is 6.29. The molecule has 0 aliphatic carbocycles. The van der Waals surface area contributed by atoms with Gasteiger partial charge in [-0.15, -0.1) is 0 Å². The molecule has 0 radical (unpaired) electrons. The minimum Gasteiger partial charge on any atom is -0.375 e. The molecule has 0 unspecified atom stereocenters. The smallest absolute Gasteiger partial charge is 0.255 e. The van der Waals surface area contributed by atoms with E-state index in [1.165, 1.54) is 13.4 Å². The maximum atomic E-state index is 12.8. The molecule has 2 aromatic carbocycles. The van der Waals surface area contributed by atoms with Crippen LogP contribution in [-0.2, 0) is 9.53 Å². The molecule has 0 N–H and O–H groups in total. The lowest BCUT2D eigenvalue weighted by atomic mass is 9.92. The Balaban J connectivity index is 1.82. The van der Waals surface area contributed by atoms with Crippen molar-refractivity contribution >= 4 is 11.9 Å². The zero-order valence-electron chi connectivity index (χ0n) is 14.5. The molecule has 0 bridgehead atoms. The summed E-state index contributed by atoms with van der Waals surface area (Å²) >= 11 is 0. The van der Waals surface area contributed by atoms with Crippen LogP contribution in [0.4, 0.5) is 5.95 Å². The fraction of sp³-hybridized carbons (Fsp3) is 0.250. The highest BCUT2D eigenvalue weighted by Gasteiger charge is 2.39. The first-order valence-electron chi connectivity index (χ1n) is 8.60. The largest absolute Gasteiger partial charge is 0.375 e. The molecule has 3 aromatic rings. The summed E-state index contributed by atoms with van der Waals surface area (Å²) < 4.78 is 6.93. The molecular weight excluding hydrogens is 328 g/mol. The first kappa shape index (κ1) is 16.5. The van der Waals surface area contributed by atoms with Crippen molar-refractivity contribution < 1.29 is 9.53 Å². The quantitative estimate of drug-likeness (QED) is 0.727. The van der Waals surface area contributed by atoms with Gasteiger partial charge in [-0.25, -0.2) is 4.68 Å². The fourth-order valence-corrected chi connectivity index (χ4v) is 3.58. The molecule has 132 valence electrons. The number of amides is 1. The molecule has 0 spiro atoms. The van der Waals surface area contributed by atoms with Crippen LogP contribution >= 0.6 is 0 Å². The van der Waals surface area contributed by atoms with Crippen LogP contribution in [0.25, 0.3) is 0 Å². The normalized spacial score (nSPS) is 19.2. The number of hydrogen-bond acceptors (Lipinski definition) is 4. The molecule has 1 aromatic heterocycles. The minimum atomic E-state index is -0.124. The van der Waals surface area contributed by atoms with E-state index in [-0.39, 0.29) is 24.6 Å². The summed E-state index contributed by atoms with van der Waals surface area (Å²) in [7, 11) is 1.52. The van der Waals surface area contributed by atoms with E-state index in [0.29, 0.717) is 5.95 Å². The van der Waals surface area contributed by atoms with E-state index in [4.69, 9.17) is 4.74 Å². The third-order valence-corrected chi connectivity index (χ3v) is 4.73. The maximum absolute atomic E-state index is 12.8. The van der Waals surface area contributed by atoms with Crippen molar-refractivity contribution in [1.29, 1.82) is 0 Å². The van der Waals surface area contributed by atoms with E-state index in [1.807, 2.05) is 53.2 Å². The van der Waals surface area contributed by atoms with Crippen LogP contribution in [0.2, 0.25) is 0 Å². The Kier molecular flexibility index (Phi) is 4.50. The predicted molar refractivity (Wildman–Crippen MR) is 97.8 cm³/mol. The van der Waals surface area contributed by atoms with E-state index in [9.17, 15) is 4.79 Å². The van der Waals surface area contributed by atoms with Crippen LogP contribution in [0.5, 0.6) is 0 Å². The standard InChI is InChI=1S/C20H20N4O2/c1-26-13-19(25)23-17(15-8-4-2-5-9-15)12-18(16-10-6-3-7-11-16)24-20(23)21-14-22-24/h2-11,14,17-18H,12-13H2,1H3/t17-,18-/m1/s1. The number of rotatable bonds is 4. The summed E-state index contributed by atoms with van der Waals surface area (Å²) in [5.41, 5.74) is 2.23. The van der Waals surface area contributed by atoms with Gasteiger partial charge in [0.25, 0.3) is 5.91 Å². The number of hydrogen-bond donors (Lipinski definition) is 0. The van der Waals surface area contributed by atoms with E-state index in [2.05, 4.69) is 22.2 Å². The summed E-state index contributed by atoms with van der Waals surface area (Å²) in [4.78, 5) is 18.9. The van der Waals surface area contributed by atoms with E-state index in [1.54, 1.807) is 4.90 Å². The molecule has 0 saturated heterocycles. The molecule has 6 nitrogen and oxygen atoms in total. The lowest BCUT2D eigenvalue weighted by Crippen LogP contribution is -2.44. The van der Waals surface area contributed by atoms with Gasteiger partial charge in [-0.1, -0.05) is 60.7 Å². The Bertz CT molecular complexity index is 879. The number of carbonyl (C=O) groups is 1. The summed E-state index contributed by atoms with van der Waals surface area (Å²) in [5, 5.41) is 4.41. The second kappa shape index (κ2) is 7.09. The summed E-state index contributed by atoms with van der Waals surface area (Å²) in [6.45, 7) is 0.00615. The number of fused-ring (bicyclic) bond motifs is 1. The van der Waals surface area contributed by atoms with Gasteiger partial charge >= 0.3 is 0 Å². The van der Waals surface area contributed by atoms with Crippen LogP contribution in [0, 0.1) is 0 Å². The number of carbonyl (C=O) groups excluding carboxylic acids is 1. The van der Waals surface area contributed by atoms with Gasteiger partial charge in [0.15, 0.2) is 0 Å². The average Bonchev–Trinajstić information content (AvgIpc) is 3.18. The van der Waals surface area contributed by atoms with Gasteiger partial charge in [0.05, 0.1) is 12.1 Å². The number of aromatic nitrogens is 3. The first-order valence-corrected chi connectivity index (χ1v) is 8.60. The van der Waals surface area contributed by atoms with Gasteiger partial charge in [0, 0.05) is 7.11 Å². The number of methoxy groups -OCH3 is 1. The third-order valence-electron chi connectivity index (χ3n) is 4.73. The molecule has 1 aliphatic heterocycles. The number of ether oxygens (including phenoxy) is 1. The Hall–Kier alpha value is -2.99. The Morgan fingerprint density at radius 3 is 2.27 bits per heavy atom. The molecule has 0 saturated carbocycles. The van der Waals surface area contributed by atoms with Gasteiger partial charge in [-0.05, 0) is 17.5 Å². The average molecular weight is 348 g/mol. The summed E-state index contributed by atoms with van der Waals surface area (Å²) in [6, 6.07) is 20.2. The van der Waals surface area contributed by atoms with Crippen LogP contribution in [0.3, 0.4) is 0 Å². The number of nitrogens with zero attached hydrogens (tertiary/aromatic N) is 4. The zero-order valence-corrected chi connectivity index (χ0v) is 14.5. The monoisotopic (exact) mass is 348 g/mol. The lowest BCUT2D eigenvalue weighted by Gasteiger charge is -2.39. The molecule has 1 amide bonds. The van der Waals surface area contributed by atoms with Crippen molar-refractivity contribution in [2.45, 2.75) is 18.5 Å². The molecule has 2 atom stereocenters. The Labute approximate surface area is 152 Å². The highest BCUT2D eigenvalue weighted by Crippen LogP contribution is 2.41. The molecule has 1 aliphatic rings. The predicted octanol–water partition coefficient (Wildman–Crippen LogP) is 2.99. The molecule has 0 fully saturated rings. The van der Waals surface area contributed by atoms with E-state index < -0.39 is 0 Å². The Morgan fingerprint density at radius 2 is 1.65 bits per heavy atom. The van der Waals surface area contributed by atoms with Crippen LogP contribution in [0.15, 0.2) is 67.0 Å². The van der Waals surface area contributed by atoms with Crippen LogP contribution in [-0.4, -0.2) is 34.4 Å². The van der Waals surface area contributed by atoms with Gasteiger partial charge in [-0.3, -0.25) is 9.69 Å². The second-order valence-corrected chi connectivity index (χ2v) is 6.29. The maximum Gasteiger partial charge on any atom is 0.255 e. The highest BCUT2D eigenvalue weighted by molar-refractivity contribution is 5.93. The molecule has 2 heterocycles. The van der Waals surface area contributed by atoms with Gasteiger partial charge in [-0.2, -0.15) is 10.1 Å². The molecular formula is C20H20N4O2. The van der Waals surface area contributed by atoms with Gasteiger partial charge in [0.2, 0.25) is 5.95 Å². The highest BCUT2D eigenvalue weighted by atomic mass is 16.5. The molecule has 26 heavy (non-hydrogen) atoms. The zero-order chi connectivity index (χ0) is 17.9. The van der Waals surface area contributed by atoms with E-state index in [0.717, 1.165) is 17.5 Å². The minimum absolute atomic E-state index is 0.00615. The lowest BCUT2D eigenvalue weighted by molar-refractivity contribution is -0.123. The SMILES string of the molecule is COCC(=O)N1c2ncnn2[C@@H](c2ccccc2)C[C@@H]1c1ccccc1. The van der Waals surface area contributed by atoms with Gasteiger partial charge < -0.3 is 4.74 Å². The van der Waals surface area contributed by atoms with Crippen molar-refractivity contribution in [3.05, 3.63) is 78.1 Å². The number of anilines is 1. The van der Waals surface area contributed by atoms with Crippen molar-refractivity contribution in [3.8, 4) is 0 Å². The van der Waals surface area contributed by atoms with Crippen LogP contribution < -0.4 is 4.90 Å². The fourth-order valence-electron chi connectivity index (χ4n) is 3.58. The number of benzene rings is 2. The molecule has 6 heteroatoms. The van der Waals surface area contributed by atoms with Gasteiger partial charge in [0.1, 0.15) is 12.9 Å². The van der Waals surface area contributed by atoms with Crippen LogP contribution in [0.1, 0.15) is 29.6 Å². The first-order chi connectivity index (χ1) is 12.8. The Morgan fingerprint density at radius 1 is 1.04 bits per heavy atom. The van der Waals surface area contributed by atoms with E-state index >= 15 is 0 Å². The topological polar surface area (TPSA) is 60.2 Å².